The zero-order valence-corrected chi connectivity index (χ0v) is 15.4. The van der Waals surface area contributed by atoms with E-state index in [0.29, 0.717) is 21.5 Å². The minimum absolute atomic E-state index is 0.222. The molecule has 1 aromatic heterocycles. The fourth-order valence-electron chi connectivity index (χ4n) is 2.45. The molecule has 3 aromatic rings. The number of anilines is 1. The van der Waals surface area contributed by atoms with Crippen molar-refractivity contribution >= 4 is 27.5 Å². The van der Waals surface area contributed by atoms with Crippen molar-refractivity contribution in [3.63, 3.8) is 0 Å². The Labute approximate surface area is 154 Å². The lowest BCUT2D eigenvalue weighted by Gasteiger charge is -2.10. The summed E-state index contributed by atoms with van der Waals surface area (Å²) in [6, 6.07) is 12.8. The van der Waals surface area contributed by atoms with E-state index < -0.39 is 0 Å². The number of nitrogens with one attached hydrogen (secondary N) is 1. The van der Waals surface area contributed by atoms with Crippen molar-refractivity contribution in [3.05, 3.63) is 58.8 Å². The summed E-state index contributed by atoms with van der Waals surface area (Å²) in [6.07, 6.45) is 1.69. The summed E-state index contributed by atoms with van der Waals surface area (Å²) in [5.74, 6) is 1.17. The SMILES string of the molecule is CCn1cnnc1-c1cccc(NC(=O)c2cc(OC)ccc2Br)c1. The largest absolute Gasteiger partial charge is 0.497 e. The maximum absolute atomic E-state index is 12.6. The van der Waals surface area contributed by atoms with Gasteiger partial charge in [0.1, 0.15) is 12.1 Å². The molecule has 7 heteroatoms. The molecule has 2 aromatic carbocycles. The van der Waals surface area contributed by atoms with Crippen LogP contribution in [0, 0.1) is 0 Å². The van der Waals surface area contributed by atoms with Crippen LogP contribution in [0.2, 0.25) is 0 Å². The number of hydrogen-bond donors (Lipinski definition) is 1. The van der Waals surface area contributed by atoms with Gasteiger partial charge in [0.2, 0.25) is 0 Å². The van der Waals surface area contributed by atoms with E-state index in [-0.39, 0.29) is 5.91 Å². The quantitative estimate of drug-likeness (QED) is 0.702. The summed E-state index contributed by atoms with van der Waals surface area (Å²) in [5, 5.41) is 11.0. The van der Waals surface area contributed by atoms with Gasteiger partial charge in [0.15, 0.2) is 5.82 Å². The average Bonchev–Trinajstić information content (AvgIpc) is 3.11. The molecule has 1 N–H and O–H groups in total. The molecule has 0 aliphatic carbocycles. The van der Waals surface area contributed by atoms with Crippen molar-refractivity contribution in [1.82, 2.24) is 14.8 Å². The van der Waals surface area contributed by atoms with Crippen LogP contribution in [0.4, 0.5) is 5.69 Å². The zero-order chi connectivity index (χ0) is 17.8. The Hall–Kier alpha value is -2.67. The lowest BCUT2D eigenvalue weighted by Crippen LogP contribution is -2.12. The molecule has 0 aliphatic heterocycles. The molecule has 25 heavy (non-hydrogen) atoms. The van der Waals surface area contributed by atoms with Crippen molar-refractivity contribution < 1.29 is 9.53 Å². The van der Waals surface area contributed by atoms with Crippen LogP contribution >= 0.6 is 15.9 Å². The second-order valence-electron chi connectivity index (χ2n) is 5.32. The van der Waals surface area contributed by atoms with Crippen molar-refractivity contribution in [2.24, 2.45) is 0 Å². The van der Waals surface area contributed by atoms with Gasteiger partial charge >= 0.3 is 0 Å². The van der Waals surface area contributed by atoms with E-state index in [1.807, 2.05) is 35.8 Å². The second kappa shape index (κ2) is 7.48. The summed E-state index contributed by atoms with van der Waals surface area (Å²) in [5.41, 5.74) is 2.08. The molecule has 0 saturated carbocycles. The Balaban J connectivity index is 1.86. The van der Waals surface area contributed by atoms with Gasteiger partial charge in [-0.05, 0) is 53.2 Å². The fraction of sp³-hybridized carbons (Fsp3) is 0.167. The van der Waals surface area contributed by atoms with Gasteiger partial charge in [0, 0.05) is 22.3 Å². The van der Waals surface area contributed by atoms with E-state index in [0.717, 1.165) is 17.9 Å². The highest BCUT2D eigenvalue weighted by molar-refractivity contribution is 9.10. The topological polar surface area (TPSA) is 69.0 Å². The third kappa shape index (κ3) is 3.71. The molecule has 0 unspecified atom stereocenters. The lowest BCUT2D eigenvalue weighted by molar-refractivity contribution is 0.102. The predicted octanol–water partition coefficient (Wildman–Crippen LogP) is 3.99. The number of benzene rings is 2. The van der Waals surface area contributed by atoms with Crippen LogP contribution in [0.25, 0.3) is 11.4 Å². The van der Waals surface area contributed by atoms with Crippen LogP contribution in [0.1, 0.15) is 17.3 Å². The van der Waals surface area contributed by atoms with Gasteiger partial charge in [-0.15, -0.1) is 10.2 Å². The Kier molecular flexibility index (Phi) is 5.14. The smallest absolute Gasteiger partial charge is 0.256 e. The highest BCUT2D eigenvalue weighted by Crippen LogP contribution is 2.25. The van der Waals surface area contributed by atoms with Crippen molar-refractivity contribution in [2.75, 3.05) is 12.4 Å². The van der Waals surface area contributed by atoms with E-state index in [9.17, 15) is 4.79 Å². The first kappa shape index (κ1) is 17.2. The fourth-order valence-corrected chi connectivity index (χ4v) is 2.88. The molecule has 3 rings (SSSR count). The molecule has 0 fully saturated rings. The Morgan fingerprint density at radius 1 is 1.28 bits per heavy atom. The molecule has 1 amide bonds. The molecule has 0 bridgehead atoms. The first-order chi connectivity index (χ1) is 12.1. The van der Waals surface area contributed by atoms with Gasteiger partial charge in [-0.2, -0.15) is 0 Å². The number of ether oxygens (including phenoxy) is 1. The summed E-state index contributed by atoms with van der Waals surface area (Å²) in [7, 11) is 1.57. The lowest BCUT2D eigenvalue weighted by atomic mass is 10.1. The van der Waals surface area contributed by atoms with Gasteiger partial charge in [-0.25, -0.2) is 0 Å². The maximum Gasteiger partial charge on any atom is 0.256 e. The number of nitrogens with zero attached hydrogens (tertiary/aromatic N) is 3. The number of aromatic nitrogens is 3. The molecule has 6 nitrogen and oxygen atoms in total. The van der Waals surface area contributed by atoms with Crippen LogP contribution in [0.5, 0.6) is 5.75 Å². The summed E-state index contributed by atoms with van der Waals surface area (Å²) in [6.45, 7) is 2.80. The minimum atomic E-state index is -0.222. The van der Waals surface area contributed by atoms with Crippen LogP contribution in [-0.2, 0) is 6.54 Å². The normalized spacial score (nSPS) is 10.5. The molecule has 0 saturated heterocycles. The van der Waals surface area contributed by atoms with Gasteiger partial charge in [0.25, 0.3) is 5.91 Å². The van der Waals surface area contributed by atoms with Crippen molar-refractivity contribution in [2.45, 2.75) is 13.5 Å². The molecule has 0 atom stereocenters. The molecule has 0 radical (unpaired) electrons. The highest BCUT2D eigenvalue weighted by Gasteiger charge is 2.13. The number of hydrogen-bond acceptors (Lipinski definition) is 4. The second-order valence-corrected chi connectivity index (χ2v) is 6.18. The first-order valence-corrected chi connectivity index (χ1v) is 8.54. The number of amides is 1. The summed E-state index contributed by atoms with van der Waals surface area (Å²) < 4.78 is 7.83. The Morgan fingerprint density at radius 3 is 2.88 bits per heavy atom. The Bertz CT molecular complexity index is 908. The summed E-state index contributed by atoms with van der Waals surface area (Å²) >= 11 is 3.40. The molecule has 0 aliphatic rings. The minimum Gasteiger partial charge on any atom is -0.497 e. The predicted molar refractivity (Wildman–Crippen MR) is 99.8 cm³/mol. The number of carbonyl (C=O) groups excluding carboxylic acids is 1. The number of methoxy groups -OCH3 is 1. The molecule has 0 spiro atoms. The van der Waals surface area contributed by atoms with Gasteiger partial charge in [-0.3, -0.25) is 4.79 Å². The molecular weight excluding hydrogens is 384 g/mol. The van der Waals surface area contributed by atoms with E-state index in [1.54, 1.807) is 31.6 Å². The number of carbonyl (C=O) groups is 1. The van der Waals surface area contributed by atoms with Crippen molar-refractivity contribution in [3.8, 4) is 17.1 Å². The van der Waals surface area contributed by atoms with Crippen LogP contribution < -0.4 is 10.1 Å². The standard InChI is InChI=1S/C18H17BrN4O2/c1-3-23-11-20-22-17(23)12-5-4-6-13(9-12)21-18(24)15-10-14(25-2)7-8-16(15)19/h4-11H,3H2,1-2H3,(H,21,24). The van der Waals surface area contributed by atoms with Gasteiger partial charge in [0.05, 0.1) is 12.7 Å². The van der Waals surface area contributed by atoms with Crippen LogP contribution in [0.15, 0.2) is 53.3 Å². The monoisotopic (exact) mass is 400 g/mol. The number of rotatable bonds is 5. The third-order valence-electron chi connectivity index (χ3n) is 3.75. The van der Waals surface area contributed by atoms with Crippen molar-refractivity contribution in [1.29, 1.82) is 0 Å². The number of halogens is 1. The van der Waals surface area contributed by atoms with E-state index in [1.165, 1.54) is 0 Å². The maximum atomic E-state index is 12.6. The van der Waals surface area contributed by atoms with E-state index in [2.05, 4.69) is 31.4 Å². The van der Waals surface area contributed by atoms with E-state index in [4.69, 9.17) is 4.74 Å². The van der Waals surface area contributed by atoms with Gasteiger partial charge in [-0.1, -0.05) is 12.1 Å². The van der Waals surface area contributed by atoms with Crippen LogP contribution in [0.3, 0.4) is 0 Å². The molecule has 1 heterocycles. The highest BCUT2D eigenvalue weighted by atomic mass is 79.9. The van der Waals surface area contributed by atoms with Crippen LogP contribution in [-0.4, -0.2) is 27.8 Å². The first-order valence-electron chi connectivity index (χ1n) is 7.75. The average molecular weight is 401 g/mol. The Morgan fingerprint density at radius 2 is 2.12 bits per heavy atom. The van der Waals surface area contributed by atoms with Gasteiger partial charge < -0.3 is 14.6 Å². The third-order valence-corrected chi connectivity index (χ3v) is 4.44. The molecular formula is C18H17BrN4O2. The summed E-state index contributed by atoms with van der Waals surface area (Å²) in [4.78, 5) is 12.6. The molecule has 128 valence electrons. The zero-order valence-electron chi connectivity index (χ0n) is 13.9. The number of aryl methyl sites for hydroxylation is 1. The van der Waals surface area contributed by atoms with E-state index >= 15 is 0 Å².